The molecular weight excluding hydrogens is 344 g/mol. The molecule has 104 valence electrons. The predicted molar refractivity (Wildman–Crippen MR) is 81.3 cm³/mol. The molecule has 2 heterocycles. The van der Waals surface area contributed by atoms with Gasteiger partial charge in [-0.25, -0.2) is 5.43 Å². The summed E-state index contributed by atoms with van der Waals surface area (Å²) < 4.78 is 8.47. The minimum absolute atomic E-state index is 0.366. The number of rotatable bonds is 3. The smallest absolute Gasteiger partial charge is 0.148 e. The van der Waals surface area contributed by atoms with Gasteiger partial charge in [0.2, 0.25) is 0 Å². The molecule has 3 rings (SSSR count). The Labute approximate surface area is 128 Å². The van der Waals surface area contributed by atoms with Gasteiger partial charge in [0.1, 0.15) is 17.4 Å². The zero-order valence-corrected chi connectivity index (χ0v) is 12.9. The zero-order valence-electron chi connectivity index (χ0n) is 10.6. The molecule has 3 N–H and O–H groups in total. The Morgan fingerprint density at radius 2 is 2.30 bits per heavy atom. The fourth-order valence-corrected chi connectivity index (χ4v) is 2.97. The number of nitrogens with two attached hydrogens (primary N) is 1. The van der Waals surface area contributed by atoms with Crippen molar-refractivity contribution in [1.29, 1.82) is 0 Å². The lowest BCUT2D eigenvalue weighted by molar-refractivity contribution is 0.458. The van der Waals surface area contributed by atoms with Gasteiger partial charge in [0.15, 0.2) is 0 Å². The van der Waals surface area contributed by atoms with E-state index in [0.717, 1.165) is 21.1 Å². The lowest BCUT2D eigenvalue weighted by Gasteiger charge is -2.14. The number of hydrogen-bond donors (Lipinski definition) is 2. The minimum atomic E-state index is -0.366. The molecular formula is C13H12BrClN4O. The number of halogens is 2. The van der Waals surface area contributed by atoms with Crippen molar-refractivity contribution in [1.82, 2.24) is 15.2 Å². The van der Waals surface area contributed by atoms with Crippen molar-refractivity contribution in [3.8, 4) is 0 Å². The number of aromatic nitrogens is 2. The van der Waals surface area contributed by atoms with Crippen molar-refractivity contribution in [3.63, 3.8) is 0 Å². The van der Waals surface area contributed by atoms with Crippen molar-refractivity contribution >= 4 is 38.5 Å². The molecule has 20 heavy (non-hydrogen) atoms. The summed E-state index contributed by atoms with van der Waals surface area (Å²) in [6.07, 6.45) is 1.58. The molecule has 1 unspecified atom stereocenters. The number of benzene rings is 1. The number of nitrogens with zero attached hydrogens (tertiary/aromatic N) is 2. The lowest BCUT2D eigenvalue weighted by Crippen LogP contribution is -2.30. The standard InChI is InChI=1S/C13H12BrClN4O/c1-19-12(9(15)6-17-19)11(18-16)10-5-7-3-2-4-8(14)13(7)20-10/h2-6,11,18H,16H2,1H3. The van der Waals surface area contributed by atoms with E-state index in [4.69, 9.17) is 21.9 Å². The van der Waals surface area contributed by atoms with Gasteiger partial charge in [-0.1, -0.05) is 23.7 Å². The highest BCUT2D eigenvalue weighted by Gasteiger charge is 2.23. The van der Waals surface area contributed by atoms with E-state index in [1.165, 1.54) is 0 Å². The van der Waals surface area contributed by atoms with Gasteiger partial charge < -0.3 is 4.42 Å². The summed E-state index contributed by atoms with van der Waals surface area (Å²) in [5.74, 6) is 6.35. The summed E-state index contributed by atoms with van der Waals surface area (Å²) in [6.45, 7) is 0. The third kappa shape index (κ3) is 2.14. The van der Waals surface area contributed by atoms with Gasteiger partial charge in [0.25, 0.3) is 0 Å². The fourth-order valence-electron chi connectivity index (χ4n) is 2.23. The first-order valence-electron chi connectivity index (χ1n) is 5.93. The van der Waals surface area contributed by atoms with E-state index in [-0.39, 0.29) is 6.04 Å². The second-order valence-electron chi connectivity index (χ2n) is 4.41. The number of furan rings is 1. The third-order valence-corrected chi connectivity index (χ3v) is 4.09. The summed E-state index contributed by atoms with van der Waals surface area (Å²) in [4.78, 5) is 0. The van der Waals surface area contributed by atoms with E-state index in [0.29, 0.717) is 10.8 Å². The molecule has 7 heteroatoms. The van der Waals surface area contributed by atoms with Crippen LogP contribution in [0.25, 0.3) is 11.0 Å². The van der Waals surface area contributed by atoms with Crippen molar-refractivity contribution in [2.45, 2.75) is 6.04 Å². The van der Waals surface area contributed by atoms with Crippen molar-refractivity contribution in [2.24, 2.45) is 12.9 Å². The van der Waals surface area contributed by atoms with Crippen LogP contribution in [0.3, 0.4) is 0 Å². The monoisotopic (exact) mass is 354 g/mol. The Hall–Kier alpha value is -1.34. The molecule has 5 nitrogen and oxygen atoms in total. The number of hydrogen-bond acceptors (Lipinski definition) is 4. The van der Waals surface area contributed by atoms with E-state index in [1.54, 1.807) is 10.9 Å². The molecule has 0 spiro atoms. The minimum Gasteiger partial charge on any atom is -0.458 e. The van der Waals surface area contributed by atoms with Gasteiger partial charge in [0, 0.05) is 12.4 Å². The Kier molecular flexibility index (Phi) is 3.55. The van der Waals surface area contributed by atoms with Crippen LogP contribution in [0.1, 0.15) is 17.5 Å². The van der Waals surface area contributed by atoms with E-state index in [1.807, 2.05) is 31.3 Å². The summed E-state index contributed by atoms with van der Waals surface area (Å²) >= 11 is 9.64. The SMILES string of the molecule is Cn1ncc(Cl)c1C(NN)c1cc2cccc(Br)c2o1. The average Bonchev–Trinajstić information content (AvgIpc) is 2.99. The highest BCUT2D eigenvalue weighted by molar-refractivity contribution is 9.10. The van der Waals surface area contributed by atoms with E-state index < -0.39 is 0 Å². The van der Waals surface area contributed by atoms with Crippen LogP contribution in [0.4, 0.5) is 0 Å². The molecule has 3 aromatic rings. The van der Waals surface area contributed by atoms with Gasteiger partial charge in [-0.3, -0.25) is 10.5 Å². The molecule has 1 atom stereocenters. The molecule has 0 bridgehead atoms. The van der Waals surface area contributed by atoms with Crippen LogP contribution < -0.4 is 11.3 Å². The van der Waals surface area contributed by atoms with Crippen LogP contribution in [-0.2, 0) is 7.05 Å². The quantitative estimate of drug-likeness (QED) is 0.559. The highest BCUT2D eigenvalue weighted by atomic mass is 79.9. The molecule has 0 fully saturated rings. The van der Waals surface area contributed by atoms with Crippen LogP contribution in [0, 0.1) is 0 Å². The summed E-state index contributed by atoms with van der Waals surface area (Å²) in [7, 11) is 1.81. The van der Waals surface area contributed by atoms with Crippen LogP contribution in [0.15, 0.2) is 39.4 Å². The number of hydrazine groups is 1. The van der Waals surface area contributed by atoms with Crippen LogP contribution in [-0.4, -0.2) is 9.78 Å². The summed E-state index contributed by atoms with van der Waals surface area (Å²) in [5.41, 5.74) is 4.26. The van der Waals surface area contributed by atoms with Gasteiger partial charge in [0.05, 0.1) is 21.4 Å². The largest absolute Gasteiger partial charge is 0.458 e. The van der Waals surface area contributed by atoms with Crippen LogP contribution in [0.2, 0.25) is 5.02 Å². The summed E-state index contributed by atoms with van der Waals surface area (Å²) in [6, 6.07) is 7.43. The molecule has 0 aliphatic heterocycles. The third-order valence-electron chi connectivity index (χ3n) is 3.18. The maximum Gasteiger partial charge on any atom is 0.148 e. The number of aryl methyl sites for hydroxylation is 1. The van der Waals surface area contributed by atoms with E-state index in [2.05, 4.69) is 26.5 Å². The number of nitrogens with one attached hydrogen (secondary N) is 1. The normalized spacial score (nSPS) is 13.0. The molecule has 1 aromatic carbocycles. The van der Waals surface area contributed by atoms with Gasteiger partial charge in [-0.15, -0.1) is 0 Å². The fraction of sp³-hybridized carbons (Fsp3) is 0.154. The first-order chi connectivity index (χ1) is 9.61. The van der Waals surface area contributed by atoms with Crippen molar-refractivity contribution in [3.05, 3.63) is 51.4 Å². The second kappa shape index (κ2) is 5.21. The Morgan fingerprint density at radius 1 is 1.50 bits per heavy atom. The van der Waals surface area contributed by atoms with Crippen LogP contribution in [0.5, 0.6) is 0 Å². The maximum atomic E-state index is 6.17. The van der Waals surface area contributed by atoms with Gasteiger partial charge in [-0.05, 0) is 28.1 Å². The van der Waals surface area contributed by atoms with Gasteiger partial charge >= 0.3 is 0 Å². The van der Waals surface area contributed by atoms with Crippen LogP contribution >= 0.6 is 27.5 Å². The molecule has 2 aromatic heterocycles. The zero-order chi connectivity index (χ0) is 14.3. The molecule has 0 aliphatic rings. The van der Waals surface area contributed by atoms with E-state index in [9.17, 15) is 0 Å². The van der Waals surface area contributed by atoms with Gasteiger partial charge in [-0.2, -0.15) is 5.10 Å². The predicted octanol–water partition coefficient (Wildman–Crippen LogP) is 3.13. The number of fused-ring (bicyclic) bond motifs is 1. The molecule has 0 radical (unpaired) electrons. The molecule has 0 aliphatic carbocycles. The lowest BCUT2D eigenvalue weighted by atomic mass is 10.1. The first kappa shape index (κ1) is 13.6. The second-order valence-corrected chi connectivity index (χ2v) is 5.67. The Morgan fingerprint density at radius 3 is 2.90 bits per heavy atom. The Bertz CT molecular complexity index is 747. The number of para-hydroxylation sites is 1. The Balaban J connectivity index is 2.15. The molecule has 0 amide bonds. The van der Waals surface area contributed by atoms with E-state index >= 15 is 0 Å². The van der Waals surface area contributed by atoms with Crippen molar-refractivity contribution in [2.75, 3.05) is 0 Å². The van der Waals surface area contributed by atoms with Crippen molar-refractivity contribution < 1.29 is 4.42 Å². The first-order valence-corrected chi connectivity index (χ1v) is 7.10. The highest BCUT2D eigenvalue weighted by Crippen LogP contribution is 2.33. The summed E-state index contributed by atoms with van der Waals surface area (Å²) in [5, 5.41) is 5.65. The molecule has 0 saturated heterocycles. The topological polar surface area (TPSA) is 69.0 Å². The average molecular weight is 356 g/mol. The molecule has 0 saturated carbocycles. The maximum absolute atomic E-state index is 6.17.